The number of ether oxygens (including phenoxy) is 2. The summed E-state index contributed by atoms with van der Waals surface area (Å²) in [5, 5.41) is 0.438. The van der Waals surface area contributed by atoms with Gasteiger partial charge >= 0.3 is 5.97 Å². The smallest absolute Gasteiger partial charge is 0.344 e. The van der Waals surface area contributed by atoms with E-state index in [9.17, 15) is 14.4 Å². The number of rotatable bonds is 8. The van der Waals surface area contributed by atoms with E-state index in [1.807, 2.05) is 41.0 Å². The molecule has 3 aromatic carbocycles. The van der Waals surface area contributed by atoms with E-state index in [0.717, 1.165) is 16.7 Å². The molecule has 0 aliphatic rings. The number of Topliss-reactive ketones (excluding diaryl/α,β-unsaturated/α-hetero) is 1. The molecule has 1 amide bonds. The van der Waals surface area contributed by atoms with Crippen LogP contribution in [0.15, 0.2) is 72.8 Å². The van der Waals surface area contributed by atoms with Gasteiger partial charge in [-0.3, -0.25) is 9.59 Å². The van der Waals surface area contributed by atoms with Crippen LogP contribution >= 0.6 is 0 Å². The molecule has 0 bridgehead atoms. The van der Waals surface area contributed by atoms with Gasteiger partial charge in [-0.2, -0.15) is 0 Å². The van der Waals surface area contributed by atoms with E-state index < -0.39 is 23.3 Å². The fourth-order valence-corrected chi connectivity index (χ4v) is 4.34. The number of carbonyl (C=O) groups is 3. The number of benzene rings is 3. The molecule has 0 aliphatic carbocycles. The second kappa shape index (κ2) is 10.3. The Morgan fingerprint density at radius 1 is 0.865 bits per heavy atom. The number of nitrogens with two attached hydrogens (primary N) is 1. The van der Waals surface area contributed by atoms with Gasteiger partial charge in [-0.1, -0.05) is 60.7 Å². The lowest BCUT2D eigenvalue weighted by Crippen LogP contribution is -2.27. The third-order valence-corrected chi connectivity index (χ3v) is 5.93. The van der Waals surface area contributed by atoms with Crippen molar-refractivity contribution in [2.24, 2.45) is 5.73 Å². The fourth-order valence-electron chi connectivity index (χ4n) is 4.34. The van der Waals surface area contributed by atoms with Crippen LogP contribution in [-0.4, -0.2) is 34.4 Å². The summed E-state index contributed by atoms with van der Waals surface area (Å²) in [4.78, 5) is 37.1. The largest absolute Gasteiger partial charge is 0.481 e. The van der Waals surface area contributed by atoms with E-state index >= 15 is 0 Å². The summed E-state index contributed by atoms with van der Waals surface area (Å²) in [6.07, 6.45) is 0. The van der Waals surface area contributed by atoms with Crippen LogP contribution in [0.1, 0.15) is 42.4 Å². The molecule has 0 fully saturated rings. The van der Waals surface area contributed by atoms with Crippen molar-refractivity contribution in [2.75, 3.05) is 6.61 Å². The summed E-state index contributed by atoms with van der Waals surface area (Å²) in [6.45, 7) is 7.19. The summed E-state index contributed by atoms with van der Waals surface area (Å²) in [6, 6.07) is 23.5. The summed E-state index contributed by atoms with van der Waals surface area (Å²) < 4.78 is 13.1. The molecule has 4 aromatic rings. The number of hydrogen-bond donors (Lipinski definition) is 1. The third kappa shape index (κ3) is 5.72. The van der Waals surface area contributed by atoms with Gasteiger partial charge in [-0.05, 0) is 56.5 Å². The number of fused-ring (bicyclic) bond motifs is 1. The SMILES string of the molecule is Cc1c(C(=O)C(N)=O)c2c(OCC(=O)OC(C)(C)C)cccc2n1Cc1ccc(-c2ccccc2)cc1. The molecule has 0 radical (unpaired) electrons. The molecule has 0 spiro atoms. The van der Waals surface area contributed by atoms with Crippen molar-refractivity contribution in [2.45, 2.75) is 39.8 Å². The van der Waals surface area contributed by atoms with Crippen molar-refractivity contribution in [3.8, 4) is 16.9 Å². The van der Waals surface area contributed by atoms with Gasteiger partial charge in [-0.15, -0.1) is 0 Å². The van der Waals surface area contributed by atoms with Gasteiger partial charge in [0.15, 0.2) is 6.61 Å². The minimum absolute atomic E-state index is 0.170. The molecule has 0 saturated carbocycles. The summed E-state index contributed by atoms with van der Waals surface area (Å²) >= 11 is 0. The van der Waals surface area contributed by atoms with Gasteiger partial charge in [0.25, 0.3) is 11.7 Å². The van der Waals surface area contributed by atoms with Crippen LogP contribution in [0.4, 0.5) is 0 Å². The Bertz CT molecular complexity index is 1460. The first kappa shape index (κ1) is 25.7. The Balaban J connectivity index is 1.72. The zero-order valence-corrected chi connectivity index (χ0v) is 21.4. The van der Waals surface area contributed by atoms with E-state index in [1.54, 1.807) is 39.8 Å². The first-order valence-corrected chi connectivity index (χ1v) is 12.0. The average Bonchev–Trinajstić information content (AvgIpc) is 3.13. The second-order valence-electron chi connectivity index (χ2n) is 9.83. The van der Waals surface area contributed by atoms with Gasteiger partial charge < -0.3 is 19.8 Å². The molecular weight excluding hydrogens is 468 g/mol. The van der Waals surface area contributed by atoms with E-state index in [2.05, 4.69) is 24.3 Å². The van der Waals surface area contributed by atoms with E-state index in [0.29, 0.717) is 28.9 Å². The lowest BCUT2D eigenvalue weighted by molar-refractivity contribution is -0.157. The van der Waals surface area contributed by atoms with Crippen LogP contribution < -0.4 is 10.5 Å². The molecule has 190 valence electrons. The van der Waals surface area contributed by atoms with Gasteiger partial charge in [0, 0.05) is 12.2 Å². The summed E-state index contributed by atoms with van der Waals surface area (Å²) in [5.74, 6) is -2.11. The molecule has 1 aromatic heterocycles. The molecule has 7 heteroatoms. The fraction of sp³-hybridized carbons (Fsp3) is 0.233. The van der Waals surface area contributed by atoms with E-state index in [1.165, 1.54) is 0 Å². The van der Waals surface area contributed by atoms with Gasteiger partial charge in [0.2, 0.25) is 0 Å². The quantitative estimate of drug-likeness (QED) is 0.208. The van der Waals surface area contributed by atoms with Crippen LogP contribution in [0, 0.1) is 6.92 Å². The topological polar surface area (TPSA) is 101 Å². The van der Waals surface area contributed by atoms with Gasteiger partial charge in [-0.25, -0.2) is 4.79 Å². The van der Waals surface area contributed by atoms with Crippen molar-refractivity contribution < 1.29 is 23.9 Å². The lowest BCUT2D eigenvalue weighted by atomic mass is 10.0. The van der Waals surface area contributed by atoms with E-state index in [-0.39, 0.29) is 12.2 Å². The number of primary amides is 1. The van der Waals surface area contributed by atoms with Crippen LogP contribution in [0.25, 0.3) is 22.0 Å². The van der Waals surface area contributed by atoms with Crippen molar-refractivity contribution in [3.63, 3.8) is 0 Å². The first-order chi connectivity index (χ1) is 17.5. The van der Waals surface area contributed by atoms with Crippen molar-refractivity contribution in [1.82, 2.24) is 4.57 Å². The standard InChI is InChI=1S/C30H30N2O5/c1-19-26(28(34)29(31)35)27-23(11-8-12-24(27)36-18-25(33)37-30(2,3)4)32(19)17-20-13-15-22(16-14-20)21-9-6-5-7-10-21/h5-16H,17-18H2,1-4H3,(H2,31,35). The van der Waals surface area contributed by atoms with E-state index in [4.69, 9.17) is 15.2 Å². The molecular formula is C30H30N2O5. The maximum atomic E-state index is 12.9. The highest BCUT2D eigenvalue weighted by Gasteiger charge is 2.26. The highest BCUT2D eigenvalue weighted by atomic mass is 16.6. The number of amides is 1. The zero-order valence-electron chi connectivity index (χ0n) is 21.4. The highest BCUT2D eigenvalue weighted by Crippen LogP contribution is 2.35. The first-order valence-electron chi connectivity index (χ1n) is 12.0. The Morgan fingerprint density at radius 3 is 2.14 bits per heavy atom. The monoisotopic (exact) mass is 498 g/mol. The summed E-state index contributed by atoms with van der Waals surface area (Å²) in [7, 11) is 0. The molecule has 7 nitrogen and oxygen atoms in total. The van der Waals surface area contributed by atoms with Crippen LogP contribution in [0.2, 0.25) is 0 Å². The molecule has 0 unspecified atom stereocenters. The third-order valence-electron chi connectivity index (χ3n) is 5.93. The number of esters is 1. The predicted molar refractivity (Wildman–Crippen MR) is 143 cm³/mol. The Kier molecular flexibility index (Phi) is 7.16. The average molecular weight is 499 g/mol. The lowest BCUT2D eigenvalue weighted by Gasteiger charge is -2.19. The Morgan fingerprint density at radius 2 is 1.51 bits per heavy atom. The maximum Gasteiger partial charge on any atom is 0.344 e. The number of hydrogen-bond acceptors (Lipinski definition) is 5. The van der Waals surface area contributed by atoms with Crippen LogP contribution in [0.5, 0.6) is 5.75 Å². The minimum Gasteiger partial charge on any atom is -0.481 e. The number of nitrogens with zero attached hydrogens (tertiary/aromatic N) is 1. The molecule has 4 rings (SSSR count). The minimum atomic E-state index is -1.06. The van der Waals surface area contributed by atoms with Crippen LogP contribution in [0.3, 0.4) is 0 Å². The summed E-state index contributed by atoms with van der Waals surface area (Å²) in [5.41, 5.74) is 9.41. The number of carbonyl (C=O) groups excluding carboxylic acids is 3. The van der Waals surface area contributed by atoms with Crippen molar-refractivity contribution >= 4 is 28.6 Å². The predicted octanol–water partition coefficient (Wildman–Crippen LogP) is 5.05. The maximum absolute atomic E-state index is 12.9. The molecule has 1 heterocycles. The molecule has 0 aliphatic heterocycles. The molecule has 0 atom stereocenters. The van der Waals surface area contributed by atoms with Crippen LogP contribution in [-0.2, 0) is 20.9 Å². The Hall–Kier alpha value is -4.39. The number of ketones is 1. The van der Waals surface area contributed by atoms with Crippen molar-refractivity contribution in [3.05, 3.63) is 89.6 Å². The highest BCUT2D eigenvalue weighted by molar-refractivity contribution is 6.45. The molecule has 37 heavy (non-hydrogen) atoms. The Labute approximate surface area is 215 Å². The second-order valence-corrected chi connectivity index (χ2v) is 9.83. The normalized spacial score (nSPS) is 11.4. The van der Waals surface area contributed by atoms with Gasteiger partial charge in [0.05, 0.1) is 16.5 Å². The zero-order chi connectivity index (χ0) is 26.7. The molecule has 0 saturated heterocycles. The van der Waals surface area contributed by atoms with Crippen molar-refractivity contribution in [1.29, 1.82) is 0 Å². The molecule has 2 N–H and O–H groups in total. The number of aromatic nitrogens is 1. The van der Waals surface area contributed by atoms with Gasteiger partial charge in [0.1, 0.15) is 11.4 Å².